The van der Waals surface area contributed by atoms with Gasteiger partial charge in [0.05, 0.1) is 12.0 Å². The highest BCUT2D eigenvalue weighted by atomic mass is 32.2. The zero-order valence-electron chi connectivity index (χ0n) is 9.66. The van der Waals surface area contributed by atoms with Gasteiger partial charge >= 0.3 is 5.97 Å². The van der Waals surface area contributed by atoms with Gasteiger partial charge in [0, 0.05) is 12.2 Å². The molecular formula is C10H14N2O5S. The highest BCUT2D eigenvalue weighted by molar-refractivity contribution is 7.89. The molecule has 0 aliphatic heterocycles. The van der Waals surface area contributed by atoms with Gasteiger partial charge in [0.15, 0.2) is 6.10 Å². The number of methoxy groups -OCH3 is 1. The van der Waals surface area contributed by atoms with Crippen molar-refractivity contribution in [3.05, 3.63) is 24.3 Å². The Morgan fingerprint density at radius 1 is 1.44 bits per heavy atom. The van der Waals surface area contributed by atoms with E-state index in [9.17, 15) is 18.3 Å². The minimum atomic E-state index is -3.79. The number of esters is 1. The number of carbonyl (C=O) groups is 1. The Labute approximate surface area is 105 Å². The quantitative estimate of drug-likeness (QED) is 0.472. The van der Waals surface area contributed by atoms with E-state index >= 15 is 0 Å². The van der Waals surface area contributed by atoms with Crippen molar-refractivity contribution in [2.75, 3.05) is 19.4 Å². The summed E-state index contributed by atoms with van der Waals surface area (Å²) in [5.74, 6) is -0.907. The average Bonchev–Trinajstić information content (AvgIpc) is 2.35. The fourth-order valence-corrected chi connectivity index (χ4v) is 2.18. The number of aliphatic hydroxyl groups is 1. The number of nitrogens with one attached hydrogen (secondary N) is 1. The van der Waals surface area contributed by atoms with Crippen LogP contribution < -0.4 is 10.5 Å². The number of rotatable bonds is 5. The van der Waals surface area contributed by atoms with E-state index < -0.39 is 28.6 Å². The van der Waals surface area contributed by atoms with Gasteiger partial charge in [0.25, 0.3) is 0 Å². The molecule has 0 fully saturated rings. The molecular weight excluding hydrogens is 260 g/mol. The van der Waals surface area contributed by atoms with E-state index in [1.54, 1.807) is 0 Å². The Balaban J connectivity index is 2.71. The summed E-state index contributed by atoms with van der Waals surface area (Å²) in [6.07, 6.45) is -1.54. The lowest BCUT2D eigenvalue weighted by Gasteiger charge is -2.10. The molecule has 1 atom stereocenters. The van der Waals surface area contributed by atoms with Gasteiger partial charge < -0.3 is 15.6 Å². The maximum Gasteiger partial charge on any atom is 0.336 e. The first kappa shape index (κ1) is 14.4. The third kappa shape index (κ3) is 3.69. The number of carbonyl (C=O) groups excluding carboxylic acids is 1. The molecule has 18 heavy (non-hydrogen) atoms. The highest BCUT2D eigenvalue weighted by Crippen LogP contribution is 2.11. The Morgan fingerprint density at radius 2 is 2.00 bits per heavy atom. The maximum atomic E-state index is 11.7. The molecule has 8 heteroatoms. The van der Waals surface area contributed by atoms with Crippen molar-refractivity contribution >= 4 is 21.7 Å². The first-order chi connectivity index (χ1) is 8.36. The summed E-state index contributed by atoms with van der Waals surface area (Å²) in [7, 11) is -2.69. The van der Waals surface area contributed by atoms with Crippen LogP contribution >= 0.6 is 0 Å². The van der Waals surface area contributed by atoms with Gasteiger partial charge in [0.2, 0.25) is 10.0 Å². The summed E-state index contributed by atoms with van der Waals surface area (Å²) >= 11 is 0. The number of anilines is 1. The minimum Gasteiger partial charge on any atom is -0.467 e. The first-order valence-corrected chi connectivity index (χ1v) is 6.46. The molecule has 0 amide bonds. The van der Waals surface area contributed by atoms with E-state index in [1.165, 1.54) is 24.3 Å². The van der Waals surface area contributed by atoms with Crippen LogP contribution in [0.3, 0.4) is 0 Å². The molecule has 0 heterocycles. The molecule has 0 radical (unpaired) electrons. The molecule has 7 nitrogen and oxygen atoms in total. The third-order valence-corrected chi connectivity index (χ3v) is 3.57. The van der Waals surface area contributed by atoms with Crippen molar-refractivity contribution in [3.8, 4) is 0 Å². The number of hydrogen-bond donors (Lipinski definition) is 3. The predicted octanol–water partition coefficient (Wildman–Crippen LogP) is -0.919. The Hall–Kier alpha value is -1.64. The second-order valence-electron chi connectivity index (χ2n) is 3.46. The van der Waals surface area contributed by atoms with E-state index in [0.717, 1.165) is 7.11 Å². The van der Waals surface area contributed by atoms with Crippen molar-refractivity contribution < 1.29 is 23.1 Å². The van der Waals surface area contributed by atoms with Crippen LogP contribution in [0.25, 0.3) is 0 Å². The van der Waals surface area contributed by atoms with Crippen molar-refractivity contribution in [2.45, 2.75) is 11.0 Å². The first-order valence-electron chi connectivity index (χ1n) is 4.98. The molecule has 0 aromatic heterocycles. The standard InChI is InChI=1S/C10H14N2O5S/c1-17-10(14)9(13)6-12-18(15,16)8-4-2-7(11)3-5-8/h2-5,9,12-13H,6,11H2,1H3. The lowest BCUT2D eigenvalue weighted by Crippen LogP contribution is -2.37. The molecule has 0 aliphatic rings. The van der Waals surface area contributed by atoms with E-state index in [1.807, 2.05) is 0 Å². The lowest BCUT2D eigenvalue weighted by molar-refractivity contribution is -0.149. The smallest absolute Gasteiger partial charge is 0.336 e. The van der Waals surface area contributed by atoms with Crippen molar-refractivity contribution in [2.24, 2.45) is 0 Å². The second kappa shape index (κ2) is 5.80. The van der Waals surface area contributed by atoms with Gasteiger partial charge in [-0.25, -0.2) is 17.9 Å². The van der Waals surface area contributed by atoms with Gasteiger partial charge in [-0.2, -0.15) is 0 Å². The number of sulfonamides is 1. The summed E-state index contributed by atoms with van der Waals surface area (Å²) in [5, 5.41) is 9.25. The topological polar surface area (TPSA) is 119 Å². The Morgan fingerprint density at radius 3 is 2.50 bits per heavy atom. The molecule has 0 aliphatic carbocycles. The fourth-order valence-electron chi connectivity index (χ4n) is 1.14. The number of benzene rings is 1. The molecule has 100 valence electrons. The van der Waals surface area contributed by atoms with Crippen LogP contribution in [0.5, 0.6) is 0 Å². The van der Waals surface area contributed by atoms with Crippen molar-refractivity contribution in [1.82, 2.24) is 4.72 Å². The molecule has 1 aromatic carbocycles. The molecule has 0 spiro atoms. The monoisotopic (exact) mass is 274 g/mol. The zero-order valence-corrected chi connectivity index (χ0v) is 10.5. The van der Waals surface area contributed by atoms with E-state index in [-0.39, 0.29) is 4.90 Å². The number of ether oxygens (including phenoxy) is 1. The number of nitrogens with two attached hydrogens (primary N) is 1. The fraction of sp³-hybridized carbons (Fsp3) is 0.300. The number of hydrogen-bond acceptors (Lipinski definition) is 6. The van der Waals surface area contributed by atoms with Crippen LogP contribution in [-0.4, -0.2) is 39.3 Å². The second-order valence-corrected chi connectivity index (χ2v) is 5.23. The van der Waals surface area contributed by atoms with Crippen molar-refractivity contribution in [1.29, 1.82) is 0 Å². The molecule has 4 N–H and O–H groups in total. The molecule has 0 saturated carbocycles. The Kier molecular flexibility index (Phi) is 4.65. The van der Waals surface area contributed by atoms with Gasteiger partial charge in [0.1, 0.15) is 0 Å². The van der Waals surface area contributed by atoms with Crippen LogP contribution in [0.4, 0.5) is 5.69 Å². The third-order valence-electron chi connectivity index (χ3n) is 2.13. The van der Waals surface area contributed by atoms with Crippen LogP contribution in [0.1, 0.15) is 0 Å². The summed E-state index contributed by atoms with van der Waals surface area (Å²) in [4.78, 5) is 10.9. The average molecular weight is 274 g/mol. The predicted molar refractivity (Wildman–Crippen MR) is 64.1 cm³/mol. The molecule has 1 aromatic rings. The van der Waals surface area contributed by atoms with Crippen molar-refractivity contribution in [3.63, 3.8) is 0 Å². The summed E-state index contributed by atoms with van der Waals surface area (Å²) < 4.78 is 29.8. The Bertz CT molecular complexity index is 512. The summed E-state index contributed by atoms with van der Waals surface area (Å²) in [6, 6.07) is 5.51. The molecule has 1 rings (SSSR count). The lowest BCUT2D eigenvalue weighted by atomic mass is 10.3. The van der Waals surface area contributed by atoms with E-state index in [0.29, 0.717) is 5.69 Å². The van der Waals surface area contributed by atoms with Gasteiger partial charge in [-0.1, -0.05) is 0 Å². The van der Waals surface area contributed by atoms with Gasteiger partial charge in [-0.3, -0.25) is 0 Å². The number of aliphatic hydroxyl groups excluding tert-OH is 1. The van der Waals surface area contributed by atoms with Crippen LogP contribution in [0.2, 0.25) is 0 Å². The normalized spacial score (nSPS) is 13.0. The van der Waals surface area contributed by atoms with E-state index in [2.05, 4.69) is 9.46 Å². The molecule has 0 bridgehead atoms. The minimum absolute atomic E-state index is 0.00577. The zero-order chi connectivity index (χ0) is 13.8. The van der Waals surface area contributed by atoms with Gasteiger partial charge in [-0.15, -0.1) is 0 Å². The summed E-state index contributed by atoms with van der Waals surface area (Å²) in [5.41, 5.74) is 5.87. The molecule has 1 unspecified atom stereocenters. The SMILES string of the molecule is COC(=O)C(O)CNS(=O)(=O)c1ccc(N)cc1. The van der Waals surface area contributed by atoms with Crippen LogP contribution in [0.15, 0.2) is 29.2 Å². The number of nitrogen functional groups attached to an aromatic ring is 1. The largest absolute Gasteiger partial charge is 0.467 e. The van der Waals surface area contributed by atoms with E-state index in [4.69, 9.17) is 5.73 Å². The van der Waals surface area contributed by atoms with Crippen LogP contribution in [-0.2, 0) is 19.6 Å². The maximum absolute atomic E-state index is 11.7. The summed E-state index contributed by atoms with van der Waals surface area (Å²) in [6.45, 7) is -0.459. The van der Waals surface area contributed by atoms with Crippen LogP contribution in [0, 0.1) is 0 Å². The highest BCUT2D eigenvalue weighted by Gasteiger charge is 2.20. The van der Waals surface area contributed by atoms with Gasteiger partial charge in [-0.05, 0) is 24.3 Å². The molecule has 0 saturated heterocycles.